The topological polar surface area (TPSA) is 60.9 Å². The van der Waals surface area contributed by atoms with Crippen LogP contribution < -0.4 is 9.80 Å². The summed E-state index contributed by atoms with van der Waals surface area (Å²) < 4.78 is 0. The highest BCUT2D eigenvalue weighted by Gasteiger charge is 2.43. The molecule has 5 nitrogen and oxygen atoms in total. The van der Waals surface area contributed by atoms with Gasteiger partial charge in [-0.2, -0.15) is 0 Å². The first kappa shape index (κ1) is 17.7. The van der Waals surface area contributed by atoms with Gasteiger partial charge in [0, 0.05) is 25.5 Å². The number of aliphatic hydroxyl groups is 1. The van der Waals surface area contributed by atoms with Crippen molar-refractivity contribution in [1.29, 1.82) is 0 Å². The second-order valence-corrected chi connectivity index (χ2v) is 6.72. The van der Waals surface area contributed by atoms with Gasteiger partial charge in [-0.25, -0.2) is 0 Å². The molecule has 0 bridgehead atoms. The molecule has 0 fully saturated rings. The Bertz CT molecular complexity index is 880. The molecule has 1 amide bonds. The lowest BCUT2D eigenvalue weighted by Crippen LogP contribution is -2.30. The molecule has 1 atom stereocenters. The molecule has 0 aromatic heterocycles. The second kappa shape index (κ2) is 6.67. The number of carbonyl (C=O) groups is 2. The summed E-state index contributed by atoms with van der Waals surface area (Å²) in [6.45, 7) is 3.34. The highest BCUT2D eigenvalue weighted by atomic mass is 16.3. The van der Waals surface area contributed by atoms with Crippen LogP contribution in [-0.4, -0.2) is 30.9 Å². The number of aliphatic hydroxyl groups excluding tert-OH is 1. The van der Waals surface area contributed by atoms with Crippen LogP contribution in [0.3, 0.4) is 0 Å². The molecule has 26 heavy (non-hydrogen) atoms. The van der Waals surface area contributed by atoms with Gasteiger partial charge in [-0.15, -0.1) is 0 Å². The Morgan fingerprint density at radius 1 is 1.04 bits per heavy atom. The number of benzene rings is 2. The van der Waals surface area contributed by atoms with Crippen LogP contribution in [0.1, 0.15) is 24.1 Å². The fraction of sp³-hybridized carbons (Fsp3) is 0.238. The van der Waals surface area contributed by atoms with Crippen molar-refractivity contribution < 1.29 is 14.7 Å². The number of hydrogen-bond donors (Lipinski definition) is 1. The molecule has 1 heterocycles. The lowest BCUT2D eigenvalue weighted by molar-refractivity contribution is -0.117. The minimum Gasteiger partial charge on any atom is -0.503 e. The zero-order valence-corrected chi connectivity index (χ0v) is 15.4. The fourth-order valence-corrected chi connectivity index (χ4v) is 3.21. The quantitative estimate of drug-likeness (QED) is 0.916. The van der Waals surface area contributed by atoms with E-state index in [4.69, 9.17) is 0 Å². The van der Waals surface area contributed by atoms with Crippen molar-refractivity contribution in [3.05, 3.63) is 71.0 Å². The van der Waals surface area contributed by atoms with Crippen LogP contribution in [0.4, 0.5) is 11.4 Å². The summed E-state index contributed by atoms with van der Waals surface area (Å²) in [5, 5.41) is 10.3. The van der Waals surface area contributed by atoms with E-state index >= 15 is 0 Å². The van der Waals surface area contributed by atoms with Crippen molar-refractivity contribution >= 4 is 23.1 Å². The Morgan fingerprint density at radius 3 is 2.12 bits per heavy atom. The first-order valence-corrected chi connectivity index (χ1v) is 8.43. The van der Waals surface area contributed by atoms with Crippen LogP contribution in [0.2, 0.25) is 0 Å². The van der Waals surface area contributed by atoms with Gasteiger partial charge in [-0.05, 0) is 43.7 Å². The fourth-order valence-electron chi connectivity index (χ4n) is 3.21. The Kier molecular flexibility index (Phi) is 4.55. The van der Waals surface area contributed by atoms with Crippen molar-refractivity contribution in [3.63, 3.8) is 0 Å². The molecule has 0 unspecified atom stereocenters. The maximum atomic E-state index is 12.7. The Morgan fingerprint density at radius 2 is 1.62 bits per heavy atom. The summed E-state index contributed by atoms with van der Waals surface area (Å²) in [6, 6.07) is 14.4. The Balaban J connectivity index is 2.12. The monoisotopic (exact) mass is 350 g/mol. The third-order valence-corrected chi connectivity index (χ3v) is 4.62. The average Bonchev–Trinajstić information content (AvgIpc) is 2.87. The molecule has 0 radical (unpaired) electrons. The third kappa shape index (κ3) is 2.96. The summed E-state index contributed by atoms with van der Waals surface area (Å²) in [5.41, 5.74) is 3.63. The minimum atomic E-state index is -0.640. The predicted molar refractivity (Wildman–Crippen MR) is 103 cm³/mol. The Hall–Kier alpha value is -3.08. The largest absolute Gasteiger partial charge is 0.503 e. The molecule has 0 saturated carbocycles. The minimum absolute atomic E-state index is 0.133. The van der Waals surface area contributed by atoms with Crippen molar-refractivity contribution in [3.8, 4) is 0 Å². The van der Waals surface area contributed by atoms with Gasteiger partial charge in [-0.1, -0.05) is 29.8 Å². The molecule has 1 N–H and O–H groups in total. The normalized spacial score (nSPS) is 17.0. The van der Waals surface area contributed by atoms with Crippen LogP contribution >= 0.6 is 0 Å². The average molecular weight is 350 g/mol. The van der Waals surface area contributed by atoms with E-state index < -0.39 is 17.7 Å². The number of aryl methyl sites for hydroxylation is 1. The Labute approximate surface area is 153 Å². The van der Waals surface area contributed by atoms with Crippen LogP contribution in [0.25, 0.3) is 0 Å². The molecule has 3 rings (SSSR count). The highest BCUT2D eigenvalue weighted by Crippen LogP contribution is 2.41. The lowest BCUT2D eigenvalue weighted by atomic mass is 9.96. The number of hydrogen-bond acceptors (Lipinski definition) is 4. The predicted octanol–water partition coefficient (Wildman–Crippen LogP) is 3.55. The summed E-state index contributed by atoms with van der Waals surface area (Å²) in [4.78, 5) is 28.4. The number of rotatable bonds is 4. The van der Waals surface area contributed by atoms with Gasteiger partial charge in [0.2, 0.25) is 0 Å². The number of nitrogens with zero attached hydrogens (tertiary/aromatic N) is 2. The number of amides is 1. The second-order valence-electron chi connectivity index (χ2n) is 6.72. The van der Waals surface area contributed by atoms with Crippen molar-refractivity contribution in [2.45, 2.75) is 19.9 Å². The third-order valence-electron chi connectivity index (χ3n) is 4.62. The number of ketones is 1. The molecular weight excluding hydrogens is 328 g/mol. The summed E-state index contributed by atoms with van der Waals surface area (Å²) in [5.74, 6) is -1.34. The van der Waals surface area contributed by atoms with Gasteiger partial charge in [0.05, 0.1) is 11.6 Å². The summed E-state index contributed by atoms with van der Waals surface area (Å²) in [7, 11) is 3.89. The van der Waals surface area contributed by atoms with Crippen molar-refractivity contribution in [1.82, 2.24) is 0 Å². The maximum absolute atomic E-state index is 12.7. The van der Waals surface area contributed by atoms with E-state index in [-0.39, 0.29) is 11.4 Å². The standard InChI is InChI=1S/C21H22N2O3/c1-13-5-9-17(10-6-13)23-19(18(14(2)24)20(25)21(23)26)15-7-11-16(12-8-15)22(3)4/h5-12,19,25H,1-4H3/t19-/m1/s1. The highest BCUT2D eigenvalue weighted by molar-refractivity contribution is 6.16. The molecule has 2 aromatic carbocycles. The molecule has 134 valence electrons. The zero-order valence-electron chi connectivity index (χ0n) is 15.4. The SMILES string of the molecule is CC(=O)C1=C(O)C(=O)N(c2ccc(C)cc2)[C@@H]1c1ccc(N(C)C)cc1. The van der Waals surface area contributed by atoms with E-state index in [0.717, 1.165) is 16.8 Å². The van der Waals surface area contributed by atoms with Crippen molar-refractivity contribution in [2.24, 2.45) is 0 Å². The van der Waals surface area contributed by atoms with E-state index in [1.165, 1.54) is 11.8 Å². The number of anilines is 2. The van der Waals surface area contributed by atoms with Crippen LogP contribution in [-0.2, 0) is 9.59 Å². The molecule has 1 aliphatic rings. The van der Waals surface area contributed by atoms with Gasteiger partial charge in [0.1, 0.15) is 0 Å². The van der Waals surface area contributed by atoms with Gasteiger partial charge >= 0.3 is 0 Å². The molecule has 2 aromatic rings. The number of Topliss-reactive ketones (excluding diaryl/α,β-unsaturated/α-hetero) is 1. The van der Waals surface area contributed by atoms with Gasteiger partial charge in [0.15, 0.2) is 11.5 Å². The van der Waals surface area contributed by atoms with E-state index in [1.807, 2.05) is 74.4 Å². The molecule has 0 saturated heterocycles. The number of carbonyl (C=O) groups excluding carboxylic acids is 2. The zero-order chi connectivity index (χ0) is 19.0. The molecule has 0 aliphatic carbocycles. The molecule has 5 heteroatoms. The first-order chi connectivity index (χ1) is 12.3. The molecule has 1 aliphatic heterocycles. The summed E-state index contributed by atoms with van der Waals surface area (Å²) in [6.07, 6.45) is 0. The van der Waals surface area contributed by atoms with Gasteiger partial charge in [-0.3, -0.25) is 14.5 Å². The van der Waals surface area contributed by atoms with Crippen LogP contribution in [0.15, 0.2) is 59.9 Å². The lowest BCUT2D eigenvalue weighted by Gasteiger charge is -2.27. The van der Waals surface area contributed by atoms with Crippen LogP contribution in [0.5, 0.6) is 0 Å². The van der Waals surface area contributed by atoms with Crippen LogP contribution in [0, 0.1) is 6.92 Å². The van der Waals surface area contributed by atoms with E-state index in [1.54, 1.807) is 0 Å². The smallest absolute Gasteiger partial charge is 0.294 e. The first-order valence-electron chi connectivity index (χ1n) is 8.43. The van der Waals surface area contributed by atoms with Gasteiger partial charge in [0.25, 0.3) is 5.91 Å². The van der Waals surface area contributed by atoms with E-state index in [0.29, 0.717) is 5.69 Å². The maximum Gasteiger partial charge on any atom is 0.294 e. The van der Waals surface area contributed by atoms with E-state index in [9.17, 15) is 14.7 Å². The molecular formula is C21H22N2O3. The van der Waals surface area contributed by atoms with Gasteiger partial charge < -0.3 is 10.0 Å². The van der Waals surface area contributed by atoms with Crippen molar-refractivity contribution in [2.75, 3.05) is 23.9 Å². The molecule has 0 spiro atoms. The summed E-state index contributed by atoms with van der Waals surface area (Å²) >= 11 is 0. The van der Waals surface area contributed by atoms with E-state index in [2.05, 4.69) is 0 Å².